The Morgan fingerprint density at radius 2 is 2.12 bits per heavy atom. The predicted molar refractivity (Wildman–Crippen MR) is 62.7 cm³/mol. The van der Waals surface area contributed by atoms with Gasteiger partial charge in [-0.3, -0.25) is 0 Å². The number of rotatable bonds is 1. The Morgan fingerprint density at radius 3 is 2.94 bits per heavy atom. The van der Waals surface area contributed by atoms with E-state index in [2.05, 4.69) is 9.97 Å². The van der Waals surface area contributed by atoms with E-state index in [1.54, 1.807) is 0 Å². The number of hydrogen-bond acceptors (Lipinski definition) is 3. The Morgan fingerprint density at radius 1 is 1.25 bits per heavy atom. The van der Waals surface area contributed by atoms with Crippen LogP contribution in [0.2, 0.25) is 5.28 Å². The van der Waals surface area contributed by atoms with E-state index in [-0.39, 0.29) is 0 Å². The van der Waals surface area contributed by atoms with Crippen molar-refractivity contribution in [2.45, 2.75) is 12.3 Å². The van der Waals surface area contributed by atoms with E-state index < -0.39 is 0 Å². The largest absolute Gasteiger partial charge is 0.381 e. The van der Waals surface area contributed by atoms with Gasteiger partial charge in [0.05, 0.1) is 17.8 Å². The van der Waals surface area contributed by atoms with Crippen LogP contribution in [-0.4, -0.2) is 23.2 Å². The van der Waals surface area contributed by atoms with Crippen LogP contribution in [0.3, 0.4) is 0 Å². The standard InChI is InChI=1S/C12H11ClN2O/c13-12-14-10-4-2-1-3-9(10)11(15-12)8-5-6-16-7-8/h1-4,8H,5-7H2. The number of nitrogens with zero attached hydrogens (tertiary/aromatic N) is 2. The van der Waals surface area contributed by atoms with Gasteiger partial charge in [0.1, 0.15) is 0 Å². The molecule has 4 heteroatoms. The van der Waals surface area contributed by atoms with Crippen molar-refractivity contribution in [1.82, 2.24) is 9.97 Å². The van der Waals surface area contributed by atoms with Crippen molar-refractivity contribution in [3.63, 3.8) is 0 Å². The van der Waals surface area contributed by atoms with Gasteiger partial charge < -0.3 is 4.74 Å². The molecule has 1 atom stereocenters. The van der Waals surface area contributed by atoms with E-state index in [1.165, 1.54) is 0 Å². The number of hydrogen-bond donors (Lipinski definition) is 0. The van der Waals surface area contributed by atoms with Crippen LogP contribution in [0.25, 0.3) is 10.9 Å². The van der Waals surface area contributed by atoms with Gasteiger partial charge in [0, 0.05) is 17.9 Å². The van der Waals surface area contributed by atoms with Crippen LogP contribution in [0.5, 0.6) is 0 Å². The van der Waals surface area contributed by atoms with Crippen LogP contribution in [0.15, 0.2) is 24.3 Å². The van der Waals surface area contributed by atoms with Crippen molar-refractivity contribution in [3.05, 3.63) is 35.2 Å². The molecule has 2 aromatic rings. The monoisotopic (exact) mass is 234 g/mol. The zero-order valence-corrected chi connectivity index (χ0v) is 9.44. The smallest absolute Gasteiger partial charge is 0.223 e. The number of aromatic nitrogens is 2. The molecule has 0 radical (unpaired) electrons. The molecule has 2 heterocycles. The number of fused-ring (bicyclic) bond motifs is 1. The van der Waals surface area contributed by atoms with Crippen molar-refractivity contribution < 1.29 is 4.74 Å². The zero-order valence-electron chi connectivity index (χ0n) is 8.69. The molecular formula is C12H11ClN2O. The quantitative estimate of drug-likeness (QED) is 0.712. The third kappa shape index (κ3) is 1.66. The molecule has 1 aromatic heterocycles. The van der Waals surface area contributed by atoms with Gasteiger partial charge in [0.15, 0.2) is 0 Å². The summed E-state index contributed by atoms with van der Waals surface area (Å²) in [5.41, 5.74) is 1.93. The molecule has 0 saturated carbocycles. The third-order valence-electron chi connectivity index (χ3n) is 2.92. The lowest BCUT2D eigenvalue weighted by atomic mass is 10.0. The number of halogens is 1. The highest BCUT2D eigenvalue weighted by molar-refractivity contribution is 6.28. The van der Waals surface area contributed by atoms with Crippen LogP contribution in [0, 0.1) is 0 Å². The van der Waals surface area contributed by atoms with E-state index in [9.17, 15) is 0 Å². The van der Waals surface area contributed by atoms with Gasteiger partial charge in [-0.25, -0.2) is 9.97 Å². The topological polar surface area (TPSA) is 35.0 Å². The van der Waals surface area contributed by atoms with Crippen LogP contribution >= 0.6 is 11.6 Å². The van der Waals surface area contributed by atoms with Gasteiger partial charge in [-0.15, -0.1) is 0 Å². The summed E-state index contributed by atoms with van der Waals surface area (Å²) in [6.45, 7) is 1.54. The van der Waals surface area contributed by atoms with Crippen molar-refractivity contribution in [3.8, 4) is 0 Å². The molecule has 0 bridgehead atoms. The van der Waals surface area contributed by atoms with E-state index in [0.717, 1.165) is 36.2 Å². The molecule has 1 aliphatic heterocycles. The molecule has 1 unspecified atom stereocenters. The van der Waals surface area contributed by atoms with Crippen LogP contribution in [0.1, 0.15) is 18.0 Å². The van der Waals surface area contributed by atoms with Gasteiger partial charge in [0.25, 0.3) is 0 Å². The second kappa shape index (κ2) is 4.00. The maximum absolute atomic E-state index is 5.94. The Balaban J connectivity index is 2.21. The van der Waals surface area contributed by atoms with Gasteiger partial charge in [-0.1, -0.05) is 18.2 Å². The summed E-state index contributed by atoms with van der Waals surface area (Å²) >= 11 is 5.94. The molecule has 82 valence electrons. The van der Waals surface area contributed by atoms with Crippen molar-refractivity contribution >= 4 is 22.5 Å². The van der Waals surface area contributed by atoms with Gasteiger partial charge in [0.2, 0.25) is 5.28 Å². The van der Waals surface area contributed by atoms with E-state index in [4.69, 9.17) is 16.3 Å². The first-order valence-corrected chi connectivity index (χ1v) is 5.72. The minimum Gasteiger partial charge on any atom is -0.381 e. The van der Waals surface area contributed by atoms with Gasteiger partial charge in [-0.2, -0.15) is 0 Å². The Hall–Kier alpha value is -1.19. The fraction of sp³-hybridized carbons (Fsp3) is 0.333. The predicted octanol–water partition coefficient (Wildman–Crippen LogP) is 2.79. The number of ether oxygens (including phenoxy) is 1. The first-order chi connectivity index (χ1) is 7.84. The first-order valence-electron chi connectivity index (χ1n) is 5.34. The van der Waals surface area contributed by atoms with Crippen LogP contribution in [-0.2, 0) is 4.74 Å². The van der Waals surface area contributed by atoms with E-state index in [0.29, 0.717) is 11.2 Å². The Labute approximate surface area is 98.4 Å². The summed E-state index contributed by atoms with van der Waals surface area (Å²) in [4.78, 5) is 8.58. The molecule has 0 N–H and O–H groups in total. The first kappa shape index (κ1) is 10.00. The molecule has 1 saturated heterocycles. The van der Waals surface area contributed by atoms with Gasteiger partial charge >= 0.3 is 0 Å². The number of para-hydroxylation sites is 1. The summed E-state index contributed by atoms with van der Waals surface area (Å²) in [6, 6.07) is 7.96. The lowest BCUT2D eigenvalue weighted by Crippen LogP contribution is -2.03. The highest BCUT2D eigenvalue weighted by Gasteiger charge is 2.22. The average Bonchev–Trinajstić information content (AvgIpc) is 2.81. The second-order valence-electron chi connectivity index (χ2n) is 3.96. The maximum atomic E-state index is 5.94. The maximum Gasteiger partial charge on any atom is 0.223 e. The molecule has 0 aliphatic carbocycles. The molecule has 16 heavy (non-hydrogen) atoms. The zero-order chi connectivity index (χ0) is 11.0. The normalized spacial score (nSPS) is 20.4. The highest BCUT2D eigenvalue weighted by atomic mass is 35.5. The summed E-state index contributed by atoms with van der Waals surface area (Å²) < 4.78 is 5.40. The lowest BCUT2D eigenvalue weighted by Gasteiger charge is -2.10. The number of benzene rings is 1. The van der Waals surface area contributed by atoms with Gasteiger partial charge in [-0.05, 0) is 24.1 Å². The fourth-order valence-corrected chi connectivity index (χ4v) is 2.32. The molecule has 1 aliphatic rings. The van der Waals surface area contributed by atoms with Crippen molar-refractivity contribution in [2.75, 3.05) is 13.2 Å². The average molecular weight is 235 g/mol. The van der Waals surface area contributed by atoms with Crippen LogP contribution < -0.4 is 0 Å². The second-order valence-corrected chi connectivity index (χ2v) is 4.29. The molecule has 3 rings (SSSR count). The van der Waals surface area contributed by atoms with E-state index in [1.807, 2.05) is 24.3 Å². The van der Waals surface area contributed by atoms with Crippen molar-refractivity contribution in [1.29, 1.82) is 0 Å². The molecule has 0 spiro atoms. The summed E-state index contributed by atoms with van der Waals surface area (Å²) in [7, 11) is 0. The minimum absolute atomic E-state index is 0.320. The Bertz CT molecular complexity index is 523. The van der Waals surface area contributed by atoms with E-state index >= 15 is 0 Å². The summed E-state index contributed by atoms with van der Waals surface area (Å²) in [6.07, 6.45) is 1.01. The molecule has 1 fully saturated rings. The molecule has 1 aromatic carbocycles. The third-order valence-corrected chi connectivity index (χ3v) is 3.09. The SMILES string of the molecule is Clc1nc(C2CCOC2)c2ccccc2n1. The minimum atomic E-state index is 0.320. The molecule has 0 amide bonds. The fourth-order valence-electron chi connectivity index (χ4n) is 2.13. The molecular weight excluding hydrogens is 224 g/mol. The summed E-state index contributed by atoms with van der Waals surface area (Å²) in [5, 5.41) is 1.41. The van der Waals surface area contributed by atoms with Crippen LogP contribution in [0.4, 0.5) is 0 Å². The van der Waals surface area contributed by atoms with Crippen molar-refractivity contribution in [2.24, 2.45) is 0 Å². The molecule has 3 nitrogen and oxygen atoms in total. The summed E-state index contributed by atoms with van der Waals surface area (Å²) in [5.74, 6) is 0.352. The lowest BCUT2D eigenvalue weighted by molar-refractivity contribution is 0.193. The highest BCUT2D eigenvalue weighted by Crippen LogP contribution is 2.29. The Kier molecular flexibility index (Phi) is 2.50.